The highest BCUT2D eigenvalue weighted by Crippen LogP contribution is 2.41. The Kier molecular flexibility index (Phi) is 11.0. The number of hydrogen-bond acceptors (Lipinski definition) is 3. The lowest BCUT2D eigenvalue weighted by Gasteiger charge is -2.34. The van der Waals surface area contributed by atoms with Crippen LogP contribution in [-0.4, -0.2) is 18.2 Å². The number of ketones is 2. The van der Waals surface area contributed by atoms with E-state index in [1.807, 2.05) is 12.1 Å². The molecule has 0 amide bonds. The summed E-state index contributed by atoms with van der Waals surface area (Å²) in [6.07, 6.45) is 16.8. The van der Waals surface area contributed by atoms with E-state index in [2.05, 4.69) is 26.0 Å². The number of benzene rings is 1. The van der Waals surface area contributed by atoms with Crippen LogP contribution in [0.5, 0.6) is 5.75 Å². The van der Waals surface area contributed by atoms with Crippen LogP contribution in [0.2, 0.25) is 0 Å². The standard InChI is InChI=1S/C30H46O3/c1-3-5-6-7-8-12-21-33-26-18-16-25(17-19-26)29(24-13-10-9-11-14-24)30(32)27-20-15-23(4-2)22-28(27)31/h16-19,23-24,27,29H,3-15,20-22H2,1-2H3. The average Bonchev–Trinajstić information content (AvgIpc) is 2.85. The first-order valence-electron chi connectivity index (χ1n) is 13.9. The summed E-state index contributed by atoms with van der Waals surface area (Å²) in [5.41, 5.74) is 1.09. The molecule has 2 saturated carbocycles. The molecule has 0 N–H and O–H groups in total. The second-order valence-corrected chi connectivity index (χ2v) is 10.5. The molecule has 0 saturated heterocycles. The highest BCUT2D eigenvalue weighted by Gasteiger charge is 2.40. The molecule has 3 heteroatoms. The Balaban J connectivity index is 1.62. The van der Waals surface area contributed by atoms with Gasteiger partial charge in [-0.3, -0.25) is 9.59 Å². The normalized spacial score (nSPS) is 22.8. The van der Waals surface area contributed by atoms with Crippen molar-refractivity contribution in [1.82, 2.24) is 0 Å². The Hall–Kier alpha value is -1.64. The number of rotatable bonds is 13. The van der Waals surface area contributed by atoms with E-state index >= 15 is 0 Å². The molecule has 33 heavy (non-hydrogen) atoms. The van der Waals surface area contributed by atoms with E-state index in [9.17, 15) is 9.59 Å². The summed E-state index contributed by atoms with van der Waals surface area (Å²) in [4.78, 5) is 26.6. The topological polar surface area (TPSA) is 43.4 Å². The molecule has 1 aromatic carbocycles. The van der Waals surface area contributed by atoms with Gasteiger partial charge in [0.2, 0.25) is 0 Å². The molecule has 0 bridgehead atoms. The summed E-state index contributed by atoms with van der Waals surface area (Å²) >= 11 is 0. The fourth-order valence-electron chi connectivity index (χ4n) is 5.94. The van der Waals surface area contributed by atoms with Crippen LogP contribution in [0.15, 0.2) is 24.3 Å². The summed E-state index contributed by atoms with van der Waals surface area (Å²) in [5.74, 6) is 1.60. The smallest absolute Gasteiger partial charge is 0.151 e. The second kappa shape index (κ2) is 13.9. The molecular formula is C30H46O3. The quantitative estimate of drug-likeness (QED) is 0.224. The molecule has 0 aliphatic heterocycles. The zero-order chi connectivity index (χ0) is 23.5. The van der Waals surface area contributed by atoms with Crippen molar-refractivity contribution in [2.24, 2.45) is 17.8 Å². The maximum atomic E-state index is 13.8. The first-order chi connectivity index (χ1) is 16.1. The average molecular weight is 455 g/mol. The summed E-state index contributed by atoms with van der Waals surface area (Å²) < 4.78 is 5.97. The third kappa shape index (κ3) is 7.69. The molecule has 3 atom stereocenters. The Bertz CT molecular complexity index is 717. The fraction of sp³-hybridized carbons (Fsp3) is 0.733. The van der Waals surface area contributed by atoms with Crippen LogP contribution in [0, 0.1) is 17.8 Å². The Morgan fingerprint density at radius 2 is 1.61 bits per heavy atom. The van der Waals surface area contributed by atoms with E-state index < -0.39 is 0 Å². The zero-order valence-electron chi connectivity index (χ0n) is 21.2. The molecule has 0 radical (unpaired) electrons. The molecule has 3 unspecified atom stereocenters. The van der Waals surface area contributed by atoms with Gasteiger partial charge in [-0.1, -0.05) is 83.8 Å². The van der Waals surface area contributed by atoms with Gasteiger partial charge >= 0.3 is 0 Å². The predicted molar refractivity (Wildman–Crippen MR) is 136 cm³/mol. The van der Waals surface area contributed by atoms with Crippen LogP contribution in [0.1, 0.15) is 122 Å². The van der Waals surface area contributed by atoms with E-state index in [1.165, 1.54) is 51.4 Å². The van der Waals surface area contributed by atoms with Crippen molar-refractivity contribution in [3.05, 3.63) is 29.8 Å². The van der Waals surface area contributed by atoms with Crippen LogP contribution in [0.4, 0.5) is 0 Å². The van der Waals surface area contributed by atoms with Crippen LogP contribution < -0.4 is 4.74 Å². The van der Waals surface area contributed by atoms with Crippen LogP contribution in [0.25, 0.3) is 0 Å². The largest absolute Gasteiger partial charge is 0.494 e. The van der Waals surface area contributed by atoms with Gasteiger partial charge < -0.3 is 4.74 Å². The van der Waals surface area contributed by atoms with E-state index in [0.29, 0.717) is 18.3 Å². The van der Waals surface area contributed by atoms with Gasteiger partial charge in [0.25, 0.3) is 0 Å². The van der Waals surface area contributed by atoms with Gasteiger partial charge in [0.05, 0.1) is 12.5 Å². The number of hydrogen-bond donors (Lipinski definition) is 0. The second-order valence-electron chi connectivity index (χ2n) is 10.5. The monoisotopic (exact) mass is 454 g/mol. The minimum atomic E-state index is -0.386. The number of Topliss-reactive ketones (excluding diaryl/α,β-unsaturated/α-hetero) is 2. The maximum absolute atomic E-state index is 13.8. The molecule has 3 rings (SSSR count). The molecule has 1 aromatic rings. The fourth-order valence-corrected chi connectivity index (χ4v) is 5.94. The first kappa shape index (κ1) is 26.0. The Morgan fingerprint density at radius 1 is 0.909 bits per heavy atom. The summed E-state index contributed by atoms with van der Waals surface area (Å²) in [6, 6.07) is 8.25. The predicted octanol–water partition coefficient (Wildman–Crippen LogP) is 8.05. The van der Waals surface area contributed by atoms with Gasteiger partial charge in [0.15, 0.2) is 5.78 Å². The van der Waals surface area contributed by atoms with Gasteiger partial charge in [0.1, 0.15) is 11.5 Å². The maximum Gasteiger partial charge on any atom is 0.151 e. The zero-order valence-corrected chi connectivity index (χ0v) is 21.2. The summed E-state index contributed by atoms with van der Waals surface area (Å²) in [6.45, 7) is 5.15. The van der Waals surface area contributed by atoms with Gasteiger partial charge in [-0.05, 0) is 61.6 Å². The molecule has 0 spiro atoms. The number of unbranched alkanes of at least 4 members (excludes halogenated alkanes) is 5. The van der Waals surface area contributed by atoms with Crippen molar-refractivity contribution in [2.45, 2.75) is 116 Å². The lowest BCUT2D eigenvalue weighted by Crippen LogP contribution is -2.36. The third-order valence-electron chi connectivity index (χ3n) is 8.10. The summed E-state index contributed by atoms with van der Waals surface area (Å²) in [5, 5.41) is 0. The van der Waals surface area contributed by atoms with Crippen molar-refractivity contribution in [1.29, 1.82) is 0 Å². The number of ether oxygens (including phenoxy) is 1. The molecule has 3 nitrogen and oxygen atoms in total. The van der Waals surface area contributed by atoms with Crippen molar-refractivity contribution in [3.63, 3.8) is 0 Å². The van der Waals surface area contributed by atoms with Crippen molar-refractivity contribution >= 4 is 11.6 Å². The lowest BCUT2D eigenvalue weighted by molar-refractivity contribution is -0.137. The van der Waals surface area contributed by atoms with Gasteiger partial charge in [0, 0.05) is 12.3 Å². The van der Waals surface area contributed by atoms with Crippen molar-refractivity contribution < 1.29 is 14.3 Å². The molecular weight excluding hydrogens is 408 g/mol. The SMILES string of the molecule is CCCCCCCCOc1ccc(C(C(=O)C2CCC(CC)CC2=O)C2CCCCC2)cc1. The molecule has 2 aliphatic rings. The van der Waals surface area contributed by atoms with Gasteiger partial charge in [-0.2, -0.15) is 0 Å². The van der Waals surface area contributed by atoms with Gasteiger partial charge in [-0.25, -0.2) is 0 Å². The summed E-state index contributed by atoms with van der Waals surface area (Å²) in [7, 11) is 0. The highest BCUT2D eigenvalue weighted by atomic mass is 16.5. The third-order valence-corrected chi connectivity index (χ3v) is 8.10. The van der Waals surface area contributed by atoms with Crippen molar-refractivity contribution in [2.75, 3.05) is 6.61 Å². The van der Waals surface area contributed by atoms with E-state index in [1.54, 1.807) is 0 Å². The highest BCUT2D eigenvalue weighted by molar-refractivity contribution is 6.05. The molecule has 0 heterocycles. The van der Waals surface area contributed by atoms with Gasteiger partial charge in [-0.15, -0.1) is 0 Å². The van der Waals surface area contributed by atoms with Crippen LogP contribution >= 0.6 is 0 Å². The van der Waals surface area contributed by atoms with E-state index in [-0.39, 0.29) is 23.4 Å². The van der Waals surface area contributed by atoms with Crippen LogP contribution in [-0.2, 0) is 9.59 Å². The molecule has 2 fully saturated rings. The number of carbonyl (C=O) groups excluding carboxylic acids is 2. The van der Waals surface area contributed by atoms with Crippen molar-refractivity contribution in [3.8, 4) is 5.75 Å². The lowest BCUT2D eigenvalue weighted by atomic mass is 9.68. The molecule has 184 valence electrons. The number of carbonyl (C=O) groups is 2. The Labute approximate surface area is 202 Å². The molecule has 0 aromatic heterocycles. The van der Waals surface area contributed by atoms with E-state index in [4.69, 9.17) is 4.74 Å². The van der Waals surface area contributed by atoms with E-state index in [0.717, 1.165) is 56.4 Å². The minimum Gasteiger partial charge on any atom is -0.494 e. The Morgan fingerprint density at radius 3 is 2.27 bits per heavy atom. The molecule has 2 aliphatic carbocycles. The van der Waals surface area contributed by atoms with Crippen LogP contribution in [0.3, 0.4) is 0 Å². The first-order valence-corrected chi connectivity index (χ1v) is 13.9. The minimum absolute atomic E-state index is 0.134.